The molecule has 0 saturated carbocycles. The van der Waals surface area contributed by atoms with E-state index in [2.05, 4.69) is 5.16 Å². The van der Waals surface area contributed by atoms with Gasteiger partial charge in [-0.1, -0.05) is 22.9 Å². The summed E-state index contributed by atoms with van der Waals surface area (Å²) in [6.45, 7) is 1.92. The molecule has 0 aliphatic heterocycles. The molecule has 0 spiro atoms. The number of aryl methyl sites for hydroxylation is 1. The van der Waals surface area contributed by atoms with Gasteiger partial charge in [0.25, 0.3) is 0 Å². The summed E-state index contributed by atoms with van der Waals surface area (Å²) < 4.78 is 5.00. The summed E-state index contributed by atoms with van der Waals surface area (Å²) in [7, 11) is 0. The van der Waals surface area contributed by atoms with Crippen LogP contribution >= 0.6 is 0 Å². The third-order valence-corrected chi connectivity index (χ3v) is 2.13. The smallest absolute Gasteiger partial charge is 0.169 e. The molecular formula is C11H10N2O2. The van der Waals surface area contributed by atoms with Gasteiger partial charge >= 0.3 is 0 Å². The predicted octanol–water partition coefficient (Wildman–Crippen LogP) is 2.04. The average molecular weight is 202 g/mol. The van der Waals surface area contributed by atoms with E-state index in [1.165, 1.54) is 0 Å². The van der Waals surface area contributed by atoms with Crippen molar-refractivity contribution in [1.82, 2.24) is 5.16 Å². The number of hydrogen-bond donors (Lipinski definition) is 1. The van der Waals surface area contributed by atoms with Crippen LogP contribution in [-0.4, -0.2) is 11.4 Å². The maximum atomic E-state index is 10.9. The topological polar surface area (TPSA) is 69.1 Å². The van der Waals surface area contributed by atoms with Gasteiger partial charge in [-0.05, 0) is 13.0 Å². The van der Waals surface area contributed by atoms with Crippen LogP contribution in [0, 0.1) is 6.92 Å². The van der Waals surface area contributed by atoms with Gasteiger partial charge < -0.3 is 10.3 Å². The summed E-state index contributed by atoms with van der Waals surface area (Å²) in [6.07, 6.45) is 0.793. The third-order valence-electron chi connectivity index (χ3n) is 2.13. The second-order valence-electron chi connectivity index (χ2n) is 3.32. The van der Waals surface area contributed by atoms with Crippen LogP contribution < -0.4 is 5.73 Å². The first-order valence-corrected chi connectivity index (χ1v) is 4.49. The highest BCUT2D eigenvalue weighted by atomic mass is 16.5. The predicted molar refractivity (Wildman–Crippen MR) is 56.5 cm³/mol. The van der Waals surface area contributed by atoms with E-state index in [0.717, 1.165) is 11.8 Å². The number of carbonyl (C=O) groups excluding carboxylic acids is 1. The molecule has 4 heteroatoms. The van der Waals surface area contributed by atoms with Crippen LogP contribution in [0.1, 0.15) is 15.9 Å². The van der Waals surface area contributed by atoms with E-state index in [1.54, 1.807) is 12.1 Å². The van der Waals surface area contributed by atoms with Crippen molar-refractivity contribution in [2.45, 2.75) is 6.92 Å². The van der Waals surface area contributed by atoms with E-state index in [1.807, 2.05) is 19.1 Å². The van der Waals surface area contributed by atoms with Crippen LogP contribution in [0.5, 0.6) is 0 Å². The Labute approximate surface area is 86.7 Å². The lowest BCUT2D eigenvalue weighted by Crippen LogP contribution is -1.87. The van der Waals surface area contributed by atoms with Gasteiger partial charge in [0.05, 0.1) is 0 Å². The Kier molecular flexibility index (Phi) is 2.25. The zero-order chi connectivity index (χ0) is 10.8. The van der Waals surface area contributed by atoms with E-state index >= 15 is 0 Å². The highest BCUT2D eigenvalue weighted by molar-refractivity contribution is 5.86. The first-order chi connectivity index (χ1) is 7.20. The molecule has 0 fully saturated rings. The van der Waals surface area contributed by atoms with E-state index < -0.39 is 0 Å². The molecule has 0 aliphatic carbocycles. The standard InChI is InChI=1S/C11H10N2O2/c1-7-2-3-9(8(4-7)6-14)10-5-11(12)13-15-10/h2-6H,1H3,(H2,12,13). The fourth-order valence-corrected chi connectivity index (χ4v) is 1.42. The number of rotatable bonds is 2. The molecule has 2 rings (SSSR count). The van der Waals surface area contributed by atoms with E-state index in [-0.39, 0.29) is 0 Å². The summed E-state index contributed by atoms with van der Waals surface area (Å²) in [4.78, 5) is 10.9. The van der Waals surface area contributed by atoms with Crippen LogP contribution in [0.25, 0.3) is 11.3 Å². The van der Waals surface area contributed by atoms with Crippen molar-refractivity contribution in [1.29, 1.82) is 0 Å². The van der Waals surface area contributed by atoms with Crippen molar-refractivity contribution < 1.29 is 9.32 Å². The van der Waals surface area contributed by atoms with Gasteiger partial charge in [0.15, 0.2) is 17.9 Å². The van der Waals surface area contributed by atoms with Crippen molar-refractivity contribution in [3.63, 3.8) is 0 Å². The summed E-state index contributed by atoms with van der Waals surface area (Å²) in [5.41, 5.74) is 7.75. The fraction of sp³-hybridized carbons (Fsp3) is 0.0909. The summed E-state index contributed by atoms with van der Waals surface area (Å²) in [5, 5.41) is 3.58. The summed E-state index contributed by atoms with van der Waals surface area (Å²) in [5.74, 6) is 0.817. The van der Waals surface area contributed by atoms with Crippen molar-refractivity contribution in [3.05, 3.63) is 35.4 Å². The third kappa shape index (κ3) is 1.74. The van der Waals surface area contributed by atoms with Crippen molar-refractivity contribution in [3.8, 4) is 11.3 Å². The molecule has 0 unspecified atom stereocenters. The molecule has 76 valence electrons. The summed E-state index contributed by atoms with van der Waals surface area (Å²) >= 11 is 0. The van der Waals surface area contributed by atoms with E-state index in [9.17, 15) is 4.79 Å². The molecule has 1 heterocycles. The van der Waals surface area contributed by atoms with E-state index in [4.69, 9.17) is 10.3 Å². The monoisotopic (exact) mass is 202 g/mol. The van der Waals surface area contributed by atoms with Crippen LogP contribution in [-0.2, 0) is 0 Å². The Balaban J connectivity index is 2.57. The molecule has 0 radical (unpaired) electrons. The molecule has 0 aliphatic rings. The van der Waals surface area contributed by atoms with Crippen LogP contribution in [0.15, 0.2) is 28.8 Å². The molecule has 2 N–H and O–H groups in total. The Morgan fingerprint density at radius 1 is 1.40 bits per heavy atom. The van der Waals surface area contributed by atoms with Crippen LogP contribution in [0.3, 0.4) is 0 Å². The molecule has 1 aromatic carbocycles. The van der Waals surface area contributed by atoms with Gasteiger partial charge in [-0.15, -0.1) is 0 Å². The number of nitrogens with two attached hydrogens (primary N) is 1. The van der Waals surface area contributed by atoms with Gasteiger partial charge in [0, 0.05) is 17.2 Å². The minimum Gasteiger partial charge on any atom is -0.381 e. The fourth-order valence-electron chi connectivity index (χ4n) is 1.42. The molecule has 4 nitrogen and oxygen atoms in total. The Morgan fingerprint density at radius 2 is 2.20 bits per heavy atom. The first kappa shape index (κ1) is 9.45. The lowest BCUT2D eigenvalue weighted by atomic mass is 10.0. The van der Waals surface area contributed by atoms with Gasteiger partial charge in [0.1, 0.15) is 0 Å². The summed E-state index contributed by atoms with van der Waals surface area (Å²) in [6, 6.07) is 7.11. The minimum absolute atomic E-state index is 0.308. The Morgan fingerprint density at radius 3 is 2.80 bits per heavy atom. The maximum absolute atomic E-state index is 10.9. The molecule has 2 aromatic rings. The highest BCUT2D eigenvalue weighted by Crippen LogP contribution is 2.24. The van der Waals surface area contributed by atoms with Gasteiger partial charge in [-0.25, -0.2) is 0 Å². The maximum Gasteiger partial charge on any atom is 0.169 e. The molecule has 0 bridgehead atoms. The van der Waals surface area contributed by atoms with Gasteiger partial charge in [0.2, 0.25) is 0 Å². The number of carbonyl (C=O) groups is 1. The van der Waals surface area contributed by atoms with Crippen molar-refractivity contribution in [2.75, 3.05) is 5.73 Å². The molecule has 0 atom stereocenters. The number of benzene rings is 1. The highest BCUT2D eigenvalue weighted by Gasteiger charge is 2.09. The van der Waals surface area contributed by atoms with E-state index in [0.29, 0.717) is 22.7 Å². The number of aldehydes is 1. The lowest BCUT2D eigenvalue weighted by molar-refractivity contribution is 0.112. The lowest BCUT2D eigenvalue weighted by Gasteiger charge is -2.00. The van der Waals surface area contributed by atoms with Gasteiger partial charge in [-0.2, -0.15) is 0 Å². The minimum atomic E-state index is 0.308. The normalized spacial score (nSPS) is 10.2. The average Bonchev–Trinajstić information content (AvgIpc) is 2.64. The molecule has 1 aromatic heterocycles. The number of hydrogen-bond acceptors (Lipinski definition) is 4. The second kappa shape index (κ2) is 3.57. The zero-order valence-electron chi connectivity index (χ0n) is 8.23. The molecular weight excluding hydrogens is 192 g/mol. The Hall–Kier alpha value is -2.10. The number of anilines is 1. The number of nitrogens with zero attached hydrogens (tertiary/aromatic N) is 1. The largest absolute Gasteiger partial charge is 0.381 e. The van der Waals surface area contributed by atoms with Crippen LogP contribution in [0.4, 0.5) is 5.82 Å². The molecule has 0 saturated heterocycles. The number of aromatic nitrogens is 1. The first-order valence-electron chi connectivity index (χ1n) is 4.49. The SMILES string of the molecule is Cc1ccc(-c2cc(N)no2)c(C=O)c1. The van der Waals surface area contributed by atoms with Crippen molar-refractivity contribution >= 4 is 12.1 Å². The molecule has 0 amide bonds. The Bertz CT molecular complexity index is 503. The van der Waals surface area contributed by atoms with Crippen LogP contribution in [0.2, 0.25) is 0 Å². The zero-order valence-corrected chi connectivity index (χ0v) is 8.23. The second-order valence-corrected chi connectivity index (χ2v) is 3.32. The van der Waals surface area contributed by atoms with Crippen molar-refractivity contribution in [2.24, 2.45) is 0 Å². The number of nitrogen functional groups attached to an aromatic ring is 1. The quantitative estimate of drug-likeness (QED) is 0.756. The van der Waals surface area contributed by atoms with Gasteiger partial charge in [-0.3, -0.25) is 4.79 Å². The molecule has 15 heavy (non-hydrogen) atoms.